The van der Waals surface area contributed by atoms with Gasteiger partial charge in [0.05, 0.1) is 6.20 Å². The summed E-state index contributed by atoms with van der Waals surface area (Å²) in [6, 6.07) is 0. The van der Waals surface area contributed by atoms with Gasteiger partial charge in [-0.3, -0.25) is 0 Å². The molecule has 8 heteroatoms. The van der Waals surface area contributed by atoms with E-state index < -0.39 is 0 Å². The molecule has 0 atom stereocenters. The highest BCUT2D eigenvalue weighted by Crippen LogP contribution is 2.22. The van der Waals surface area contributed by atoms with Gasteiger partial charge in [-0.15, -0.1) is 10.2 Å². The number of aliphatic imine (C=N–C) groups is 1. The molecule has 8 nitrogen and oxygen atoms in total. The molecule has 0 aromatic carbocycles. The quantitative estimate of drug-likeness (QED) is 0.587. The summed E-state index contributed by atoms with van der Waals surface area (Å²) in [5, 5.41) is 14.6. The van der Waals surface area contributed by atoms with Gasteiger partial charge in [0, 0.05) is 31.5 Å². The van der Waals surface area contributed by atoms with Crippen molar-refractivity contribution in [2.45, 2.75) is 59.5 Å². The second-order valence-electron chi connectivity index (χ2n) is 6.78. The SMILES string of the molecule is CCNC(=NCc1ncc(C(C)(C)C)o1)NCCn1cnnc1CC. The standard InChI is InChI=1S/C17H29N7O/c1-6-14-23-22-12-24(14)9-8-19-16(18-7-2)21-11-15-20-10-13(25-15)17(3,4)5/h10,12H,6-9,11H2,1-5H3,(H2,18,19,21). The first kappa shape index (κ1) is 19.0. The van der Waals surface area contributed by atoms with Crippen molar-refractivity contribution in [2.75, 3.05) is 13.1 Å². The maximum Gasteiger partial charge on any atom is 0.216 e. The minimum absolute atomic E-state index is 0.0481. The van der Waals surface area contributed by atoms with Crippen LogP contribution in [0.25, 0.3) is 0 Å². The molecule has 0 aliphatic heterocycles. The molecular formula is C17H29N7O. The molecule has 0 fully saturated rings. The number of aromatic nitrogens is 4. The van der Waals surface area contributed by atoms with Gasteiger partial charge in [-0.25, -0.2) is 9.98 Å². The molecule has 25 heavy (non-hydrogen) atoms. The molecule has 0 aliphatic carbocycles. The molecule has 2 aromatic rings. The molecule has 2 aromatic heterocycles. The molecule has 0 spiro atoms. The molecule has 0 unspecified atom stereocenters. The first-order valence-corrected chi connectivity index (χ1v) is 8.78. The third-order valence-corrected chi connectivity index (χ3v) is 3.67. The smallest absolute Gasteiger partial charge is 0.216 e. The molecule has 2 rings (SSSR count). The van der Waals surface area contributed by atoms with Gasteiger partial charge in [0.1, 0.15) is 24.5 Å². The predicted octanol–water partition coefficient (Wildman–Crippen LogP) is 1.88. The van der Waals surface area contributed by atoms with Crippen LogP contribution in [0.5, 0.6) is 0 Å². The number of nitrogens with zero attached hydrogens (tertiary/aromatic N) is 5. The summed E-state index contributed by atoms with van der Waals surface area (Å²) in [6.45, 7) is 13.1. The topological polar surface area (TPSA) is 93.2 Å². The zero-order chi connectivity index (χ0) is 18.3. The highest BCUT2D eigenvalue weighted by Gasteiger charge is 2.19. The second-order valence-corrected chi connectivity index (χ2v) is 6.78. The predicted molar refractivity (Wildman–Crippen MR) is 97.4 cm³/mol. The van der Waals surface area contributed by atoms with Crippen LogP contribution >= 0.6 is 0 Å². The summed E-state index contributed by atoms with van der Waals surface area (Å²) in [5.41, 5.74) is -0.0481. The third-order valence-electron chi connectivity index (χ3n) is 3.67. The summed E-state index contributed by atoms with van der Waals surface area (Å²) in [6.07, 6.45) is 4.41. The van der Waals surface area contributed by atoms with E-state index in [4.69, 9.17) is 4.42 Å². The van der Waals surface area contributed by atoms with Gasteiger partial charge < -0.3 is 19.6 Å². The van der Waals surface area contributed by atoms with Crippen LogP contribution in [0.4, 0.5) is 0 Å². The summed E-state index contributed by atoms with van der Waals surface area (Å²) in [5.74, 6) is 3.21. The Balaban J connectivity index is 1.90. The number of oxazole rings is 1. The maximum atomic E-state index is 5.78. The first-order valence-electron chi connectivity index (χ1n) is 8.78. The van der Waals surface area contributed by atoms with Crippen molar-refractivity contribution in [1.29, 1.82) is 0 Å². The zero-order valence-corrected chi connectivity index (χ0v) is 15.8. The van der Waals surface area contributed by atoms with Crippen LogP contribution in [0.1, 0.15) is 52.1 Å². The molecule has 2 heterocycles. The lowest BCUT2D eigenvalue weighted by Crippen LogP contribution is -2.38. The van der Waals surface area contributed by atoms with Crippen LogP contribution < -0.4 is 10.6 Å². The van der Waals surface area contributed by atoms with Crippen LogP contribution in [-0.2, 0) is 24.9 Å². The van der Waals surface area contributed by atoms with Crippen molar-refractivity contribution in [2.24, 2.45) is 4.99 Å². The Hall–Kier alpha value is -2.38. The average molecular weight is 347 g/mol. The van der Waals surface area contributed by atoms with Crippen LogP contribution in [0, 0.1) is 0 Å². The summed E-state index contributed by atoms with van der Waals surface area (Å²) >= 11 is 0. The molecule has 138 valence electrons. The van der Waals surface area contributed by atoms with Crippen LogP contribution in [-0.4, -0.2) is 38.8 Å². The molecular weight excluding hydrogens is 318 g/mol. The number of rotatable bonds is 7. The Labute approximate surface area is 149 Å². The molecule has 0 saturated carbocycles. The van der Waals surface area contributed by atoms with Gasteiger partial charge >= 0.3 is 0 Å². The lowest BCUT2D eigenvalue weighted by molar-refractivity contribution is 0.383. The van der Waals surface area contributed by atoms with E-state index in [9.17, 15) is 0 Å². The fourth-order valence-corrected chi connectivity index (χ4v) is 2.25. The molecule has 0 saturated heterocycles. The van der Waals surface area contributed by atoms with E-state index in [1.165, 1.54) is 0 Å². The minimum atomic E-state index is -0.0481. The fraction of sp³-hybridized carbons (Fsp3) is 0.647. The first-order chi connectivity index (χ1) is 11.9. The van der Waals surface area contributed by atoms with Gasteiger partial charge in [0.15, 0.2) is 5.96 Å². The molecule has 0 aliphatic rings. The second kappa shape index (κ2) is 8.64. The van der Waals surface area contributed by atoms with Gasteiger partial charge in [-0.05, 0) is 6.92 Å². The Kier molecular flexibility index (Phi) is 6.55. The van der Waals surface area contributed by atoms with Gasteiger partial charge in [-0.1, -0.05) is 27.7 Å². The lowest BCUT2D eigenvalue weighted by Gasteiger charge is -2.13. The van der Waals surface area contributed by atoms with Crippen molar-refractivity contribution in [3.8, 4) is 0 Å². The average Bonchev–Trinajstić information content (AvgIpc) is 3.21. The normalized spacial score (nSPS) is 12.4. The molecule has 2 N–H and O–H groups in total. The fourth-order valence-electron chi connectivity index (χ4n) is 2.25. The summed E-state index contributed by atoms with van der Waals surface area (Å²) in [7, 11) is 0. The third kappa shape index (κ3) is 5.58. The maximum absolute atomic E-state index is 5.78. The monoisotopic (exact) mass is 347 g/mol. The van der Waals surface area contributed by atoms with E-state index in [1.807, 2.05) is 11.5 Å². The van der Waals surface area contributed by atoms with Gasteiger partial charge in [0.25, 0.3) is 0 Å². The van der Waals surface area contributed by atoms with Crippen molar-refractivity contribution < 1.29 is 4.42 Å². The van der Waals surface area contributed by atoms with E-state index >= 15 is 0 Å². The lowest BCUT2D eigenvalue weighted by atomic mass is 9.94. The number of guanidine groups is 1. The van der Waals surface area contributed by atoms with E-state index in [1.54, 1.807) is 12.5 Å². The number of hydrogen-bond acceptors (Lipinski definition) is 5. The van der Waals surface area contributed by atoms with Crippen molar-refractivity contribution in [3.63, 3.8) is 0 Å². The molecule has 0 amide bonds. The summed E-state index contributed by atoms with van der Waals surface area (Å²) < 4.78 is 7.82. The van der Waals surface area contributed by atoms with E-state index in [-0.39, 0.29) is 5.41 Å². The van der Waals surface area contributed by atoms with E-state index in [0.29, 0.717) is 12.4 Å². The largest absolute Gasteiger partial charge is 0.443 e. The van der Waals surface area contributed by atoms with Crippen molar-refractivity contribution in [1.82, 2.24) is 30.4 Å². The number of aryl methyl sites for hydroxylation is 1. The van der Waals surface area contributed by atoms with Crippen LogP contribution in [0.3, 0.4) is 0 Å². The Morgan fingerprint density at radius 3 is 2.72 bits per heavy atom. The zero-order valence-electron chi connectivity index (χ0n) is 15.8. The van der Waals surface area contributed by atoms with Gasteiger partial charge in [-0.2, -0.15) is 0 Å². The molecule has 0 radical (unpaired) electrons. The summed E-state index contributed by atoms with van der Waals surface area (Å²) in [4.78, 5) is 8.85. The van der Waals surface area contributed by atoms with Crippen LogP contribution in [0.15, 0.2) is 21.9 Å². The Morgan fingerprint density at radius 1 is 1.28 bits per heavy atom. The van der Waals surface area contributed by atoms with Gasteiger partial charge in [0.2, 0.25) is 5.89 Å². The highest BCUT2D eigenvalue weighted by molar-refractivity contribution is 5.79. The molecule has 0 bridgehead atoms. The van der Waals surface area contributed by atoms with Crippen molar-refractivity contribution >= 4 is 5.96 Å². The van der Waals surface area contributed by atoms with E-state index in [0.717, 1.165) is 43.6 Å². The van der Waals surface area contributed by atoms with Crippen LogP contribution in [0.2, 0.25) is 0 Å². The Morgan fingerprint density at radius 2 is 2.08 bits per heavy atom. The van der Waals surface area contributed by atoms with E-state index in [2.05, 4.69) is 58.5 Å². The number of nitrogens with one attached hydrogen (secondary N) is 2. The minimum Gasteiger partial charge on any atom is -0.443 e. The number of hydrogen-bond donors (Lipinski definition) is 2. The van der Waals surface area contributed by atoms with Crippen molar-refractivity contribution in [3.05, 3.63) is 30.0 Å². The Bertz CT molecular complexity index is 681. The highest BCUT2D eigenvalue weighted by atomic mass is 16.4.